The van der Waals surface area contributed by atoms with E-state index in [1.165, 1.54) is 24.1 Å². The van der Waals surface area contributed by atoms with Crippen molar-refractivity contribution >= 4 is 27.5 Å². The first kappa shape index (κ1) is 27.7. The molecule has 3 rings (SSSR count). The van der Waals surface area contributed by atoms with E-state index in [2.05, 4.69) is 5.32 Å². The van der Waals surface area contributed by atoms with Crippen molar-refractivity contribution in [1.29, 1.82) is 0 Å². The Morgan fingerprint density at radius 1 is 0.973 bits per heavy atom. The number of carbonyl (C=O) groups excluding carboxylic acids is 2. The van der Waals surface area contributed by atoms with Crippen LogP contribution in [0.3, 0.4) is 0 Å². The number of rotatable bonds is 10. The minimum atomic E-state index is -4.08. The number of nitrogens with one attached hydrogen (secondary N) is 1. The topological polar surface area (TPSA) is 96.0 Å². The fourth-order valence-electron chi connectivity index (χ4n) is 4.04. The summed E-state index contributed by atoms with van der Waals surface area (Å²) in [4.78, 5) is 27.8. The number of hydrogen-bond donors (Lipinski definition) is 1. The fourth-order valence-corrected chi connectivity index (χ4v) is 5.54. The van der Waals surface area contributed by atoms with Crippen molar-refractivity contribution in [3.8, 4) is 5.75 Å². The Kier molecular flexibility index (Phi) is 8.94. The van der Waals surface area contributed by atoms with Gasteiger partial charge >= 0.3 is 0 Å². The molecule has 3 aromatic rings. The second-order valence-electron chi connectivity index (χ2n) is 8.77. The summed E-state index contributed by atoms with van der Waals surface area (Å²) in [7, 11) is -1.02. The molecule has 0 unspecified atom stereocenters. The molecule has 0 radical (unpaired) electrons. The van der Waals surface area contributed by atoms with Crippen LogP contribution in [0.25, 0.3) is 0 Å². The lowest BCUT2D eigenvalue weighted by molar-refractivity contribution is -0.139. The van der Waals surface area contributed by atoms with Crippen LogP contribution >= 0.6 is 0 Å². The molecule has 0 saturated heterocycles. The van der Waals surface area contributed by atoms with Gasteiger partial charge in [0.25, 0.3) is 10.0 Å². The van der Waals surface area contributed by atoms with E-state index in [9.17, 15) is 18.0 Å². The Morgan fingerprint density at radius 2 is 1.62 bits per heavy atom. The van der Waals surface area contributed by atoms with E-state index in [0.29, 0.717) is 17.0 Å². The lowest BCUT2D eigenvalue weighted by atomic mass is 10.1. The van der Waals surface area contributed by atoms with E-state index in [4.69, 9.17) is 4.74 Å². The van der Waals surface area contributed by atoms with Gasteiger partial charge in [0.05, 0.1) is 17.7 Å². The van der Waals surface area contributed by atoms with Gasteiger partial charge in [-0.1, -0.05) is 48.0 Å². The van der Waals surface area contributed by atoms with Gasteiger partial charge in [-0.15, -0.1) is 0 Å². The highest BCUT2D eigenvalue weighted by molar-refractivity contribution is 7.92. The Bertz CT molecular complexity index is 1340. The van der Waals surface area contributed by atoms with Gasteiger partial charge in [0.15, 0.2) is 0 Å². The van der Waals surface area contributed by atoms with Crippen LogP contribution in [0.15, 0.2) is 77.7 Å². The molecule has 0 aromatic heterocycles. The van der Waals surface area contributed by atoms with E-state index in [1.807, 2.05) is 26.0 Å². The van der Waals surface area contributed by atoms with Gasteiger partial charge in [-0.25, -0.2) is 8.42 Å². The standard InChI is InChI=1S/C28H33N3O5S/c1-20-11-16-26(21(2)17-20)31(37(34,35)25-9-7-6-8-10-25)19-27(32)30(22(3)28(33)29-4)18-23-12-14-24(36-5)15-13-23/h6-17,22H,18-19H2,1-5H3,(H,29,33)/t22-/m0/s1. The molecule has 0 bridgehead atoms. The summed E-state index contributed by atoms with van der Waals surface area (Å²) in [5.41, 5.74) is 2.86. The zero-order valence-electron chi connectivity index (χ0n) is 21.8. The van der Waals surface area contributed by atoms with Crippen molar-refractivity contribution in [2.75, 3.05) is 25.0 Å². The summed E-state index contributed by atoms with van der Waals surface area (Å²) in [6.07, 6.45) is 0. The van der Waals surface area contributed by atoms with Crippen LogP contribution in [0.2, 0.25) is 0 Å². The Labute approximate surface area is 218 Å². The van der Waals surface area contributed by atoms with Gasteiger partial charge in [0.1, 0.15) is 18.3 Å². The lowest BCUT2D eigenvalue weighted by Crippen LogP contribution is -2.50. The zero-order chi connectivity index (χ0) is 27.2. The minimum Gasteiger partial charge on any atom is -0.497 e. The zero-order valence-corrected chi connectivity index (χ0v) is 22.6. The summed E-state index contributed by atoms with van der Waals surface area (Å²) in [6.45, 7) is 4.98. The molecule has 1 atom stereocenters. The van der Waals surface area contributed by atoms with Crippen molar-refractivity contribution in [2.24, 2.45) is 0 Å². The van der Waals surface area contributed by atoms with Crippen LogP contribution in [-0.2, 0) is 26.2 Å². The number of likely N-dealkylation sites (N-methyl/N-ethyl adjacent to an activating group) is 1. The third-order valence-electron chi connectivity index (χ3n) is 6.16. The number of carbonyl (C=O) groups is 2. The first-order valence-electron chi connectivity index (χ1n) is 11.9. The number of sulfonamides is 1. The number of anilines is 1. The third kappa shape index (κ3) is 6.48. The van der Waals surface area contributed by atoms with Crippen molar-refractivity contribution in [3.63, 3.8) is 0 Å². The number of hydrogen-bond acceptors (Lipinski definition) is 5. The Balaban J connectivity index is 2.04. The second-order valence-corrected chi connectivity index (χ2v) is 10.6. The third-order valence-corrected chi connectivity index (χ3v) is 7.93. The first-order chi connectivity index (χ1) is 17.6. The molecule has 3 aromatic carbocycles. The summed E-state index contributed by atoms with van der Waals surface area (Å²) in [5.74, 6) is -0.201. The number of benzene rings is 3. The molecule has 196 valence electrons. The number of ether oxygens (including phenoxy) is 1. The normalized spacial score (nSPS) is 11.9. The summed E-state index contributed by atoms with van der Waals surface area (Å²) in [5, 5.41) is 2.58. The maximum Gasteiger partial charge on any atom is 0.264 e. The molecule has 8 nitrogen and oxygen atoms in total. The van der Waals surface area contributed by atoms with Gasteiger partial charge in [0, 0.05) is 13.6 Å². The lowest BCUT2D eigenvalue weighted by Gasteiger charge is -2.32. The average Bonchev–Trinajstić information content (AvgIpc) is 2.90. The predicted octanol–water partition coefficient (Wildman–Crippen LogP) is 3.67. The molecule has 0 saturated carbocycles. The molecule has 37 heavy (non-hydrogen) atoms. The van der Waals surface area contributed by atoms with Crippen LogP contribution in [0.5, 0.6) is 5.75 Å². The van der Waals surface area contributed by atoms with Gasteiger partial charge < -0.3 is 15.0 Å². The van der Waals surface area contributed by atoms with Gasteiger partial charge in [-0.2, -0.15) is 0 Å². The van der Waals surface area contributed by atoms with E-state index >= 15 is 0 Å². The van der Waals surface area contributed by atoms with Gasteiger partial charge in [-0.05, 0) is 62.2 Å². The molecule has 0 fully saturated rings. The van der Waals surface area contributed by atoms with Crippen LogP contribution in [0.1, 0.15) is 23.6 Å². The molecule has 1 N–H and O–H groups in total. The largest absolute Gasteiger partial charge is 0.497 e. The fraction of sp³-hybridized carbons (Fsp3) is 0.286. The average molecular weight is 524 g/mol. The number of amides is 2. The molecular formula is C28H33N3O5S. The van der Waals surface area contributed by atoms with Crippen LogP contribution in [-0.4, -0.2) is 51.9 Å². The minimum absolute atomic E-state index is 0.0730. The summed E-state index contributed by atoms with van der Waals surface area (Å²) in [6, 6.07) is 19.7. The second kappa shape index (κ2) is 11.9. The Morgan fingerprint density at radius 3 is 2.19 bits per heavy atom. The molecule has 0 aliphatic heterocycles. The molecule has 2 amide bonds. The number of aryl methyl sites for hydroxylation is 2. The monoisotopic (exact) mass is 523 g/mol. The highest BCUT2D eigenvalue weighted by atomic mass is 32.2. The molecule has 0 aliphatic rings. The van der Waals surface area contributed by atoms with E-state index < -0.39 is 28.5 Å². The SMILES string of the molecule is CNC(=O)[C@H](C)N(Cc1ccc(OC)cc1)C(=O)CN(c1ccc(C)cc1C)S(=O)(=O)c1ccccc1. The molecular weight excluding hydrogens is 490 g/mol. The molecule has 9 heteroatoms. The molecule has 0 heterocycles. The van der Waals surface area contributed by atoms with Crippen LogP contribution < -0.4 is 14.4 Å². The van der Waals surface area contributed by atoms with Crippen LogP contribution in [0.4, 0.5) is 5.69 Å². The smallest absolute Gasteiger partial charge is 0.264 e. The predicted molar refractivity (Wildman–Crippen MR) is 144 cm³/mol. The quantitative estimate of drug-likeness (QED) is 0.438. The maximum atomic E-state index is 13.8. The maximum absolute atomic E-state index is 13.8. The van der Waals surface area contributed by atoms with Crippen molar-refractivity contribution in [2.45, 2.75) is 38.3 Å². The van der Waals surface area contributed by atoms with Crippen molar-refractivity contribution < 1.29 is 22.7 Å². The van der Waals surface area contributed by atoms with E-state index in [0.717, 1.165) is 15.4 Å². The van der Waals surface area contributed by atoms with Gasteiger partial charge in [0.2, 0.25) is 11.8 Å². The van der Waals surface area contributed by atoms with Crippen LogP contribution in [0, 0.1) is 13.8 Å². The Hall–Kier alpha value is -3.85. The first-order valence-corrected chi connectivity index (χ1v) is 13.3. The van der Waals surface area contributed by atoms with E-state index in [-0.39, 0.29) is 17.3 Å². The van der Waals surface area contributed by atoms with Crippen molar-refractivity contribution in [1.82, 2.24) is 10.2 Å². The highest BCUT2D eigenvalue weighted by Gasteiger charge is 2.32. The number of nitrogens with zero attached hydrogens (tertiary/aromatic N) is 2. The van der Waals surface area contributed by atoms with Gasteiger partial charge in [-0.3, -0.25) is 13.9 Å². The highest BCUT2D eigenvalue weighted by Crippen LogP contribution is 2.28. The van der Waals surface area contributed by atoms with E-state index in [1.54, 1.807) is 62.6 Å². The molecule has 0 spiro atoms. The summed E-state index contributed by atoms with van der Waals surface area (Å²) < 4.78 is 33.9. The molecule has 0 aliphatic carbocycles. The summed E-state index contributed by atoms with van der Waals surface area (Å²) >= 11 is 0. The van der Waals surface area contributed by atoms with Crippen molar-refractivity contribution in [3.05, 3.63) is 89.5 Å². The number of methoxy groups -OCH3 is 1.